The number of fused-ring (bicyclic) bond motifs is 1. The molecule has 2 atom stereocenters. The molecule has 114 valence electrons. The summed E-state index contributed by atoms with van der Waals surface area (Å²) >= 11 is 0. The molecule has 1 saturated heterocycles. The van der Waals surface area contributed by atoms with Crippen LogP contribution in [0.15, 0.2) is 36.5 Å². The van der Waals surface area contributed by atoms with Crippen molar-refractivity contribution in [1.82, 2.24) is 15.2 Å². The lowest BCUT2D eigenvalue weighted by molar-refractivity contribution is -0.124. The topological polar surface area (TPSA) is 88.3 Å². The third-order valence-corrected chi connectivity index (χ3v) is 3.99. The molecule has 0 aliphatic carbocycles. The molecule has 3 N–H and O–H groups in total. The molecule has 6 heteroatoms. The number of likely N-dealkylation sites (tertiary alicyclic amines) is 1. The van der Waals surface area contributed by atoms with E-state index in [2.05, 4.69) is 10.3 Å². The number of amides is 2. The Bertz CT molecular complexity index is 731. The SMILES string of the molecule is CNC(=O)[C@@H]1C[C@@H](N)CN1C(=O)c1cc2ccccc2cn1. The molecular formula is C16H18N4O2. The second-order valence-corrected chi connectivity index (χ2v) is 5.50. The number of rotatable bonds is 2. The number of likely N-dealkylation sites (N-methyl/N-ethyl adjacent to an activating group) is 1. The largest absolute Gasteiger partial charge is 0.357 e. The van der Waals surface area contributed by atoms with Gasteiger partial charge in [0, 0.05) is 31.2 Å². The van der Waals surface area contributed by atoms with Gasteiger partial charge in [-0.15, -0.1) is 0 Å². The smallest absolute Gasteiger partial charge is 0.273 e. The van der Waals surface area contributed by atoms with Crippen LogP contribution in [0.1, 0.15) is 16.9 Å². The number of nitrogens with zero attached hydrogens (tertiary/aromatic N) is 2. The molecule has 3 rings (SSSR count). The van der Waals surface area contributed by atoms with Crippen LogP contribution >= 0.6 is 0 Å². The molecule has 1 aliphatic heterocycles. The number of nitrogens with two attached hydrogens (primary N) is 1. The van der Waals surface area contributed by atoms with Crippen LogP contribution in [0.2, 0.25) is 0 Å². The van der Waals surface area contributed by atoms with Crippen LogP contribution in [-0.2, 0) is 4.79 Å². The molecule has 2 amide bonds. The maximum atomic E-state index is 12.7. The van der Waals surface area contributed by atoms with Crippen LogP contribution in [0, 0.1) is 0 Å². The summed E-state index contributed by atoms with van der Waals surface area (Å²) in [7, 11) is 1.56. The van der Waals surface area contributed by atoms with Gasteiger partial charge in [0.05, 0.1) is 0 Å². The summed E-state index contributed by atoms with van der Waals surface area (Å²) in [5, 5.41) is 4.50. The maximum Gasteiger partial charge on any atom is 0.273 e. The molecule has 6 nitrogen and oxygen atoms in total. The predicted molar refractivity (Wildman–Crippen MR) is 83.2 cm³/mol. The van der Waals surface area contributed by atoms with Gasteiger partial charge in [0.25, 0.3) is 5.91 Å². The molecule has 1 fully saturated rings. The highest BCUT2D eigenvalue weighted by molar-refractivity contribution is 5.99. The first-order valence-corrected chi connectivity index (χ1v) is 7.23. The summed E-state index contributed by atoms with van der Waals surface area (Å²) in [4.78, 5) is 30.4. The Morgan fingerprint density at radius 3 is 2.77 bits per heavy atom. The van der Waals surface area contributed by atoms with E-state index in [0.717, 1.165) is 10.8 Å². The number of carbonyl (C=O) groups is 2. The highest BCUT2D eigenvalue weighted by Gasteiger charge is 2.38. The Labute approximate surface area is 128 Å². The number of hydrogen-bond acceptors (Lipinski definition) is 4. The quantitative estimate of drug-likeness (QED) is 0.846. The summed E-state index contributed by atoms with van der Waals surface area (Å²) in [5.74, 6) is -0.450. The monoisotopic (exact) mass is 298 g/mol. The van der Waals surface area contributed by atoms with E-state index in [1.165, 1.54) is 4.90 Å². The minimum absolute atomic E-state index is 0.188. The van der Waals surface area contributed by atoms with E-state index >= 15 is 0 Å². The average Bonchev–Trinajstić information content (AvgIpc) is 2.94. The molecule has 0 spiro atoms. The molecule has 0 bridgehead atoms. The lowest BCUT2D eigenvalue weighted by Gasteiger charge is -2.22. The fourth-order valence-electron chi connectivity index (χ4n) is 2.86. The van der Waals surface area contributed by atoms with Crippen molar-refractivity contribution >= 4 is 22.6 Å². The number of carbonyl (C=O) groups excluding carboxylic acids is 2. The minimum atomic E-state index is -0.527. The van der Waals surface area contributed by atoms with Gasteiger partial charge < -0.3 is 16.0 Å². The Hall–Kier alpha value is -2.47. The normalized spacial score (nSPS) is 21.1. The molecule has 1 aromatic carbocycles. The number of aromatic nitrogens is 1. The average molecular weight is 298 g/mol. The molecule has 0 radical (unpaired) electrons. The number of benzene rings is 1. The predicted octanol–water partition coefficient (Wildman–Crippen LogP) is 0.523. The second-order valence-electron chi connectivity index (χ2n) is 5.50. The summed E-state index contributed by atoms with van der Waals surface area (Å²) in [6.45, 7) is 0.366. The molecule has 2 heterocycles. The van der Waals surface area contributed by atoms with Crippen molar-refractivity contribution < 1.29 is 9.59 Å². The van der Waals surface area contributed by atoms with Gasteiger partial charge in [-0.2, -0.15) is 0 Å². The maximum absolute atomic E-state index is 12.7. The highest BCUT2D eigenvalue weighted by atomic mass is 16.2. The lowest BCUT2D eigenvalue weighted by atomic mass is 10.1. The van der Waals surface area contributed by atoms with E-state index in [9.17, 15) is 9.59 Å². The number of pyridine rings is 1. The van der Waals surface area contributed by atoms with Crippen molar-refractivity contribution in [3.63, 3.8) is 0 Å². The van der Waals surface area contributed by atoms with E-state index in [1.807, 2.05) is 24.3 Å². The summed E-state index contributed by atoms with van der Waals surface area (Å²) in [5.41, 5.74) is 6.26. The van der Waals surface area contributed by atoms with Crippen LogP contribution in [0.4, 0.5) is 0 Å². The van der Waals surface area contributed by atoms with Crippen LogP contribution in [-0.4, -0.2) is 47.4 Å². The second kappa shape index (κ2) is 5.73. The molecule has 22 heavy (non-hydrogen) atoms. The molecule has 1 aliphatic rings. The zero-order valence-corrected chi connectivity index (χ0v) is 12.3. The Balaban J connectivity index is 1.92. The van der Waals surface area contributed by atoms with Gasteiger partial charge in [-0.05, 0) is 17.9 Å². The van der Waals surface area contributed by atoms with Crippen molar-refractivity contribution in [2.24, 2.45) is 5.73 Å². The fourth-order valence-corrected chi connectivity index (χ4v) is 2.86. The van der Waals surface area contributed by atoms with Crippen molar-refractivity contribution in [1.29, 1.82) is 0 Å². The third kappa shape index (κ3) is 2.53. The lowest BCUT2D eigenvalue weighted by Crippen LogP contribution is -2.45. The molecule has 0 saturated carbocycles. The van der Waals surface area contributed by atoms with E-state index in [1.54, 1.807) is 19.3 Å². The first kappa shape index (κ1) is 14.5. The van der Waals surface area contributed by atoms with E-state index in [0.29, 0.717) is 18.7 Å². The van der Waals surface area contributed by atoms with Gasteiger partial charge in [0.1, 0.15) is 11.7 Å². The first-order chi connectivity index (χ1) is 10.6. The molecule has 0 unspecified atom stereocenters. The standard InChI is InChI=1S/C16H18N4O2/c1-18-15(21)14-7-12(17)9-20(14)16(22)13-6-10-4-2-3-5-11(10)8-19-13/h2-6,8,12,14H,7,9,17H2,1H3,(H,18,21)/t12-,14+/m1/s1. The van der Waals surface area contributed by atoms with Crippen LogP contribution in [0.3, 0.4) is 0 Å². The zero-order valence-electron chi connectivity index (χ0n) is 12.3. The fraction of sp³-hybridized carbons (Fsp3) is 0.312. The van der Waals surface area contributed by atoms with E-state index < -0.39 is 6.04 Å². The molecular weight excluding hydrogens is 280 g/mol. The van der Waals surface area contributed by atoms with Crippen molar-refractivity contribution in [2.45, 2.75) is 18.5 Å². The van der Waals surface area contributed by atoms with Crippen molar-refractivity contribution in [3.8, 4) is 0 Å². The van der Waals surface area contributed by atoms with Gasteiger partial charge in [-0.25, -0.2) is 0 Å². The highest BCUT2D eigenvalue weighted by Crippen LogP contribution is 2.21. The van der Waals surface area contributed by atoms with Gasteiger partial charge in [0.2, 0.25) is 5.91 Å². The van der Waals surface area contributed by atoms with Gasteiger partial charge in [-0.1, -0.05) is 24.3 Å². The summed E-state index contributed by atoms with van der Waals surface area (Å²) < 4.78 is 0. The Morgan fingerprint density at radius 1 is 1.32 bits per heavy atom. The van der Waals surface area contributed by atoms with E-state index in [-0.39, 0.29) is 17.9 Å². The Morgan fingerprint density at radius 2 is 2.05 bits per heavy atom. The molecule has 1 aromatic heterocycles. The summed E-state index contributed by atoms with van der Waals surface area (Å²) in [6.07, 6.45) is 2.15. The minimum Gasteiger partial charge on any atom is -0.357 e. The Kier molecular flexibility index (Phi) is 3.77. The molecule has 2 aromatic rings. The first-order valence-electron chi connectivity index (χ1n) is 7.23. The van der Waals surface area contributed by atoms with Gasteiger partial charge >= 0.3 is 0 Å². The van der Waals surface area contributed by atoms with Gasteiger partial charge in [-0.3, -0.25) is 14.6 Å². The van der Waals surface area contributed by atoms with Crippen LogP contribution in [0.25, 0.3) is 10.8 Å². The number of hydrogen-bond donors (Lipinski definition) is 2. The van der Waals surface area contributed by atoms with Crippen LogP contribution < -0.4 is 11.1 Å². The van der Waals surface area contributed by atoms with Crippen molar-refractivity contribution in [2.75, 3.05) is 13.6 Å². The van der Waals surface area contributed by atoms with Crippen LogP contribution in [0.5, 0.6) is 0 Å². The zero-order chi connectivity index (χ0) is 15.7. The summed E-state index contributed by atoms with van der Waals surface area (Å²) in [6, 6.07) is 8.74. The van der Waals surface area contributed by atoms with Crippen molar-refractivity contribution in [3.05, 3.63) is 42.2 Å². The van der Waals surface area contributed by atoms with Gasteiger partial charge in [0.15, 0.2) is 0 Å². The third-order valence-electron chi connectivity index (χ3n) is 3.99. The number of nitrogens with one attached hydrogen (secondary N) is 1. The van der Waals surface area contributed by atoms with E-state index in [4.69, 9.17) is 5.73 Å².